The molecule has 2 heterocycles. The number of thiophene rings is 2. The van der Waals surface area contributed by atoms with Crippen molar-refractivity contribution in [3.8, 4) is 0 Å². The highest BCUT2D eigenvalue weighted by atomic mass is 32.1. The summed E-state index contributed by atoms with van der Waals surface area (Å²) in [6.45, 7) is 2.20. The van der Waals surface area contributed by atoms with E-state index in [0.717, 1.165) is 12.1 Å². The maximum atomic E-state index is 5.88. The summed E-state index contributed by atoms with van der Waals surface area (Å²) in [4.78, 5) is 0. The lowest BCUT2D eigenvalue weighted by Crippen LogP contribution is -1.80. The summed E-state index contributed by atoms with van der Waals surface area (Å²) in [5.74, 6) is 0. The van der Waals surface area contributed by atoms with Gasteiger partial charge in [-0.3, -0.25) is 0 Å². The second kappa shape index (κ2) is 3.95. The number of benzene rings is 2. The second-order valence-electron chi connectivity index (χ2n) is 4.80. The molecule has 4 rings (SSSR count). The Hall–Kier alpha value is -1.58. The van der Waals surface area contributed by atoms with Crippen molar-refractivity contribution in [2.75, 3.05) is 5.73 Å². The molecule has 0 bridgehead atoms. The fourth-order valence-corrected chi connectivity index (χ4v) is 5.30. The zero-order chi connectivity index (χ0) is 13.0. The summed E-state index contributed by atoms with van der Waals surface area (Å²) < 4.78 is 5.51. The normalized spacial score (nSPS) is 11.8. The van der Waals surface area contributed by atoms with Crippen molar-refractivity contribution in [2.45, 2.75) is 13.3 Å². The van der Waals surface area contributed by atoms with E-state index in [-0.39, 0.29) is 0 Å². The number of nitrogen functional groups attached to an aromatic ring is 1. The van der Waals surface area contributed by atoms with Crippen LogP contribution in [-0.2, 0) is 6.42 Å². The highest BCUT2D eigenvalue weighted by molar-refractivity contribution is 7.36. The summed E-state index contributed by atoms with van der Waals surface area (Å²) in [6, 6.07) is 13.1. The molecule has 2 N–H and O–H groups in total. The molecule has 19 heavy (non-hydrogen) atoms. The van der Waals surface area contributed by atoms with Gasteiger partial charge in [0.05, 0.1) is 9.40 Å². The fourth-order valence-electron chi connectivity index (χ4n) is 2.54. The Morgan fingerprint density at radius 3 is 2.21 bits per heavy atom. The molecule has 0 aliphatic rings. The smallest absolute Gasteiger partial charge is 0.0542 e. The number of aryl methyl sites for hydroxylation is 1. The van der Waals surface area contributed by atoms with E-state index in [0.29, 0.717) is 0 Å². The highest BCUT2D eigenvalue weighted by Gasteiger charge is 2.12. The first kappa shape index (κ1) is 11.3. The van der Waals surface area contributed by atoms with Gasteiger partial charge < -0.3 is 5.73 Å². The van der Waals surface area contributed by atoms with Gasteiger partial charge in [0.1, 0.15) is 0 Å². The molecular weight excluding hydrogens is 270 g/mol. The molecule has 0 aliphatic carbocycles. The molecule has 2 aromatic carbocycles. The van der Waals surface area contributed by atoms with Gasteiger partial charge in [0, 0.05) is 25.9 Å². The summed E-state index contributed by atoms with van der Waals surface area (Å²) in [7, 11) is 0. The first-order valence-corrected chi connectivity index (χ1v) is 8.02. The Bertz CT molecular complexity index is 915. The fraction of sp³-hybridized carbons (Fsp3) is 0.125. The SMILES string of the molecule is CCc1ccc2c(c1)sc1c3ccc(N)cc3sc21. The number of anilines is 1. The minimum atomic E-state index is 0.846. The number of nitrogens with two attached hydrogens (primary N) is 1. The van der Waals surface area contributed by atoms with Gasteiger partial charge in [-0.15, -0.1) is 22.7 Å². The quantitative estimate of drug-likeness (QED) is 0.464. The Morgan fingerprint density at radius 2 is 1.53 bits per heavy atom. The average Bonchev–Trinajstić information content (AvgIpc) is 2.92. The van der Waals surface area contributed by atoms with Crippen molar-refractivity contribution < 1.29 is 0 Å². The van der Waals surface area contributed by atoms with Gasteiger partial charge in [0.25, 0.3) is 0 Å². The van der Waals surface area contributed by atoms with Gasteiger partial charge in [-0.05, 0) is 30.2 Å². The highest BCUT2D eigenvalue weighted by Crippen LogP contribution is 2.44. The van der Waals surface area contributed by atoms with Gasteiger partial charge >= 0.3 is 0 Å². The zero-order valence-corrected chi connectivity index (χ0v) is 12.2. The van der Waals surface area contributed by atoms with Crippen LogP contribution in [0.5, 0.6) is 0 Å². The monoisotopic (exact) mass is 283 g/mol. The molecule has 0 aliphatic heterocycles. The molecule has 3 heteroatoms. The van der Waals surface area contributed by atoms with E-state index in [1.807, 2.05) is 28.7 Å². The van der Waals surface area contributed by atoms with Crippen molar-refractivity contribution >= 4 is 57.9 Å². The Morgan fingerprint density at radius 1 is 0.895 bits per heavy atom. The van der Waals surface area contributed by atoms with Crippen LogP contribution in [0.2, 0.25) is 0 Å². The Labute approximate surface area is 119 Å². The van der Waals surface area contributed by atoms with Crippen LogP contribution in [0.3, 0.4) is 0 Å². The Kier molecular flexibility index (Phi) is 2.34. The summed E-state index contributed by atoms with van der Waals surface area (Å²) >= 11 is 3.76. The third kappa shape index (κ3) is 1.58. The minimum absolute atomic E-state index is 0.846. The molecule has 0 saturated carbocycles. The third-order valence-corrected chi connectivity index (χ3v) is 6.08. The molecule has 1 nitrogen and oxygen atoms in total. The van der Waals surface area contributed by atoms with Crippen molar-refractivity contribution in [1.82, 2.24) is 0 Å². The van der Waals surface area contributed by atoms with Crippen LogP contribution < -0.4 is 5.73 Å². The van der Waals surface area contributed by atoms with E-state index in [2.05, 4.69) is 37.3 Å². The molecule has 94 valence electrons. The van der Waals surface area contributed by atoms with Crippen LogP contribution >= 0.6 is 22.7 Å². The number of hydrogen-bond donors (Lipinski definition) is 1. The predicted molar refractivity (Wildman–Crippen MR) is 88.5 cm³/mol. The maximum absolute atomic E-state index is 5.88. The van der Waals surface area contributed by atoms with E-state index in [4.69, 9.17) is 5.73 Å². The molecule has 0 fully saturated rings. The van der Waals surface area contributed by atoms with E-state index in [9.17, 15) is 0 Å². The minimum Gasteiger partial charge on any atom is -0.399 e. The first-order chi connectivity index (χ1) is 9.26. The molecule has 0 atom stereocenters. The van der Waals surface area contributed by atoms with E-state index >= 15 is 0 Å². The standard InChI is InChI=1S/C16H13NS2/c1-2-9-3-5-11-13(7-9)18-16-12-6-4-10(17)8-14(12)19-15(11)16/h3-8H,2,17H2,1H3. The zero-order valence-electron chi connectivity index (χ0n) is 10.6. The summed E-state index contributed by atoms with van der Waals surface area (Å²) in [5.41, 5.74) is 8.13. The molecule has 0 spiro atoms. The van der Waals surface area contributed by atoms with E-state index in [1.54, 1.807) is 0 Å². The van der Waals surface area contributed by atoms with Gasteiger partial charge in [0.15, 0.2) is 0 Å². The molecule has 2 aromatic heterocycles. The van der Waals surface area contributed by atoms with Crippen molar-refractivity contribution in [3.05, 3.63) is 42.0 Å². The van der Waals surface area contributed by atoms with Crippen molar-refractivity contribution in [2.24, 2.45) is 0 Å². The van der Waals surface area contributed by atoms with Crippen molar-refractivity contribution in [3.63, 3.8) is 0 Å². The molecular formula is C16H13NS2. The Balaban J connectivity index is 2.15. The number of hydrogen-bond acceptors (Lipinski definition) is 3. The lowest BCUT2D eigenvalue weighted by molar-refractivity contribution is 1.15. The molecule has 0 amide bonds. The number of rotatable bonds is 1. The van der Waals surface area contributed by atoms with Crippen LogP contribution in [0.25, 0.3) is 29.6 Å². The third-order valence-electron chi connectivity index (χ3n) is 3.58. The molecule has 0 unspecified atom stereocenters. The second-order valence-corrected chi connectivity index (χ2v) is 6.91. The lowest BCUT2D eigenvalue weighted by Gasteiger charge is -1.96. The van der Waals surface area contributed by atoms with Gasteiger partial charge in [0.2, 0.25) is 0 Å². The van der Waals surface area contributed by atoms with Gasteiger partial charge in [-0.2, -0.15) is 0 Å². The summed E-state index contributed by atoms with van der Waals surface area (Å²) in [5, 5.41) is 2.73. The maximum Gasteiger partial charge on any atom is 0.0542 e. The largest absolute Gasteiger partial charge is 0.399 e. The average molecular weight is 283 g/mol. The van der Waals surface area contributed by atoms with Crippen LogP contribution in [0.1, 0.15) is 12.5 Å². The summed E-state index contributed by atoms with van der Waals surface area (Å²) in [6.07, 6.45) is 1.10. The van der Waals surface area contributed by atoms with Crippen LogP contribution in [0.4, 0.5) is 5.69 Å². The van der Waals surface area contributed by atoms with Gasteiger partial charge in [-0.25, -0.2) is 0 Å². The van der Waals surface area contributed by atoms with Crippen LogP contribution in [0.15, 0.2) is 36.4 Å². The number of fused-ring (bicyclic) bond motifs is 5. The molecule has 0 saturated heterocycles. The van der Waals surface area contributed by atoms with Gasteiger partial charge in [-0.1, -0.05) is 25.1 Å². The van der Waals surface area contributed by atoms with Crippen molar-refractivity contribution in [1.29, 1.82) is 0 Å². The molecule has 4 aromatic rings. The first-order valence-electron chi connectivity index (χ1n) is 6.39. The topological polar surface area (TPSA) is 26.0 Å². The lowest BCUT2D eigenvalue weighted by atomic mass is 10.1. The van der Waals surface area contributed by atoms with E-state index in [1.165, 1.54) is 35.1 Å². The molecule has 0 radical (unpaired) electrons. The van der Waals surface area contributed by atoms with Crippen LogP contribution in [0, 0.1) is 0 Å². The van der Waals surface area contributed by atoms with Crippen LogP contribution in [-0.4, -0.2) is 0 Å². The van der Waals surface area contributed by atoms with E-state index < -0.39 is 0 Å². The predicted octanol–water partition coefficient (Wildman–Crippen LogP) is 5.41.